The predicted octanol–water partition coefficient (Wildman–Crippen LogP) is 1.05. The van der Waals surface area contributed by atoms with Crippen LogP contribution in [0.15, 0.2) is 30.7 Å². The predicted molar refractivity (Wildman–Crippen MR) is 57.4 cm³/mol. The molecular formula is C11H11N3O2. The Labute approximate surface area is 92.7 Å². The fourth-order valence-electron chi connectivity index (χ4n) is 1.40. The van der Waals surface area contributed by atoms with Gasteiger partial charge in [0.05, 0.1) is 18.9 Å². The maximum absolute atomic E-state index is 12.1. The summed E-state index contributed by atoms with van der Waals surface area (Å²) in [6.45, 7) is 0. The molecule has 2 aromatic rings. The quantitative estimate of drug-likeness (QED) is 0.721. The minimum atomic E-state index is -0.167. The average molecular weight is 217 g/mol. The van der Waals surface area contributed by atoms with Gasteiger partial charge in [0.1, 0.15) is 11.4 Å². The van der Waals surface area contributed by atoms with E-state index in [0.29, 0.717) is 17.0 Å². The molecule has 0 aliphatic carbocycles. The van der Waals surface area contributed by atoms with Gasteiger partial charge in [-0.05, 0) is 12.1 Å². The highest BCUT2D eigenvalue weighted by Crippen LogP contribution is 2.18. The van der Waals surface area contributed by atoms with Crippen LogP contribution in [-0.4, -0.2) is 27.7 Å². The summed E-state index contributed by atoms with van der Waals surface area (Å²) in [5.41, 5.74) is 0.864. The standard InChI is InChI=1S/C11H11N3O2/c1-14-6-4-9(13-14)11(15)8-3-5-12-7-10(8)16-2/h3-7H,1-2H3. The Balaban J connectivity index is 2.41. The van der Waals surface area contributed by atoms with Crippen LogP contribution in [0, 0.1) is 0 Å². The van der Waals surface area contributed by atoms with Crippen LogP contribution in [-0.2, 0) is 7.05 Å². The molecule has 0 aromatic carbocycles. The van der Waals surface area contributed by atoms with Gasteiger partial charge in [-0.25, -0.2) is 0 Å². The van der Waals surface area contributed by atoms with E-state index in [4.69, 9.17) is 4.74 Å². The van der Waals surface area contributed by atoms with Crippen LogP contribution < -0.4 is 4.74 Å². The normalized spacial score (nSPS) is 10.1. The first-order valence-electron chi connectivity index (χ1n) is 4.74. The lowest BCUT2D eigenvalue weighted by atomic mass is 10.1. The molecule has 16 heavy (non-hydrogen) atoms. The van der Waals surface area contributed by atoms with Crippen molar-refractivity contribution >= 4 is 5.78 Å². The van der Waals surface area contributed by atoms with Gasteiger partial charge in [0.15, 0.2) is 0 Å². The van der Waals surface area contributed by atoms with E-state index in [-0.39, 0.29) is 5.78 Å². The number of rotatable bonds is 3. The van der Waals surface area contributed by atoms with Crippen molar-refractivity contribution in [2.45, 2.75) is 0 Å². The summed E-state index contributed by atoms with van der Waals surface area (Å²) in [7, 11) is 3.27. The number of hydrogen-bond donors (Lipinski definition) is 0. The van der Waals surface area contributed by atoms with E-state index in [0.717, 1.165) is 0 Å². The summed E-state index contributed by atoms with van der Waals surface area (Å²) >= 11 is 0. The minimum Gasteiger partial charge on any atom is -0.494 e. The van der Waals surface area contributed by atoms with E-state index in [1.807, 2.05) is 0 Å². The molecule has 5 heteroatoms. The summed E-state index contributed by atoms with van der Waals surface area (Å²) in [6, 6.07) is 3.29. The van der Waals surface area contributed by atoms with Crippen LogP contribution >= 0.6 is 0 Å². The number of methoxy groups -OCH3 is 1. The zero-order chi connectivity index (χ0) is 11.5. The first kappa shape index (κ1) is 10.4. The SMILES string of the molecule is COc1cnccc1C(=O)c1ccn(C)n1. The molecule has 0 spiro atoms. The van der Waals surface area contributed by atoms with Crippen molar-refractivity contribution < 1.29 is 9.53 Å². The summed E-state index contributed by atoms with van der Waals surface area (Å²) in [6.07, 6.45) is 4.79. The Morgan fingerprint density at radius 2 is 2.25 bits per heavy atom. The Morgan fingerprint density at radius 1 is 1.44 bits per heavy atom. The lowest BCUT2D eigenvalue weighted by Gasteiger charge is -2.04. The second-order valence-corrected chi connectivity index (χ2v) is 3.28. The Hall–Kier alpha value is -2.17. The third-order valence-electron chi connectivity index (χ3n) is 2.20. The maximum Gasteiger partial charge on any atom is 0.217 e. The lowest BCUT2D eigenvalue weighted by molar-refractivity contribution is 0.103. The third-order valence-corrected chi connectivity index (χ3v) is 2.20. The molecule has 0 aliphatic heterocycles. The van der Waals surface area contributed by atoms with Crippen LogP contribution in [0.25, 0.3) is 0 Å². The Morgan fingerprint density at radius 3 is 2.88 bits per heavy atom. The molecule has 5 nitrogen and oxygen atoms in total. The second kappa shape index (κ2) is 4.14. The van der Waals surface area contributed by atoms with Gasteiger partial charge in [-0.3, -0.25) is 14.5 Å². The summed E-state index contributed by atoms with van der Waals surface area (Å²) in [5, 5.41) is 4.05. The number of pyridine rings is 1. The fraction of sp³-hybridized carbons (Fsp3) is 0.182. The molecular weight excluding hydrogens is 206 g/mol. The number of ketones is 1. The van der Waals surface area contributed by atoms with Gasteiger partial charge in [-0.15, -0.1) is 0 Å². The number of carbonyl (C=O) groups is 1. The van der Waals surface area contributed by atoms with Crippen molar-refractivity contribution in [3.63, 3.8) is 0 Å². The van der Waals surface area contributed by atoms with Crippen molar-refractivity contribution in [3.05, 3.63) is 42.0 Å². The molecule has 2 aromatic heterocycles. The number of hydrogen-bond acceptors (Lipinski definition) is 4. The number of ether oxygens (including phenoxy) is 1. The summed E-state index contributed by atoms with van der Waals surface area (Å²) < 4.78 is 6.66. The van der Waals surface area contributed by atoms with E-state index >= 15 is 0 Å². The highest BCUT2D eigenvalue weighted by Gasteiger charge is 2.16. The average Bonchev–Trinajstić information content (AvgIpc) is 2.75. The van der Waals surface area contributed by atoms with Crippen LogP contribution in [0.2, 0.25) is 0 Å². The van der Waals surface area contributed by atoms with E-state index in [9.17, 15) is 4.79 Å². The Kier molecular flexibility index (Phi) is 2.68. The molecule has 2 rings (SSSR count). The van der Waals surface area contributed by atoms with Crippen molar-refractivity contribution in [2.24, 2.45) is 7.05 Å². The molecule has 0 fully saturated rings. The number of carbonyl (C=O) groups excluding carboxylic acids is 1. The summed E-state index contributed by atoms with van der Waals surface area (Å²) in [4.78, 5) is 16.0. The van der Waals surface area contributed by atoms with Crippen LogP contribution in [0.1, 0.15) is 16.1 Å². The topological polar surface area (TPSA) is 57.0 Å². The third kappa shape index (κ3) is 1.79. The van der Waals surface area contributed by atoms with Gasteiger partial charge in [0.2, 0.25) is 5.78 Å². The minimum absolute atomic E-state index is 0.167. The van der Waals surface area contributed by atoms with E-state index in [2.05, 4.69) is 10.1 Å². The summed E-state index contributed by atoms with van der Waals surface area (Å²) in [5.74, 6) is 0.290. The molecule has 0 bridgehead atoms. The largest absolute Gasteiger partial charge is 0.494 e. The molecule has 2 heterocycles. The zero-order valence-electron chi connectivity index (χ0n) is 9.04. The van der Waals surface area contributed by atoms with Gasteiger partial charge in [-0.1, -0.05) is 0 Å². The molecule has 0 saturated heterocycles. The highest BCUT2D eigenvalue weighted by molar-refractivity contribution is 6.09. The van der Waals surface area contributed by atoms with Crippen LogP contribution in [0.3, 0.4) is 0 Å². The first-order valence-corrected chi connectivity index (χ1v) is 4.74. The molecule has 0 radical (unpaired) electrons. The van der Waals surface area contributed by atoms with Gasteiger partial charge in [0.25, 0.3) is 0 Å². The number of nitrogens with zero attached hydrogens (tertiary/aromatic N) is 3. The first-order chi connectivity index (χ1) is 7.72. The molecule has 0 unspecified atom stereocenters. The van der Waals surface area contributed by atoms with E-state index in [1.54, 1.807) is 36.3 Å². The monoisotopic (exact) mass is 217 g/mol. The maximum atomic E-state index is 12.1. The molecule has 0 aliphatic rings. The molecule has 0 N–H and O–H groups in total. The van der Waals surface area contributed by atoms with Gasteiger partial charge >= 0.3 is 0 Å². The fourth-order valence-corrected chi connectivity index (χ4v) is 1.40. The molecule has 0 saturated carbocycles. The van der Waals surface area contributed by atoms with Gasteiger partial charge in [0, 0.05) is 19.4 Å². The Bertz CT molecular complexity index is 519. The van der Waals surface area contributed by atoms with Crippen molar-refractivity contribution in [1.29, 1.82) is 0 Å². The number of aromatic nitrogens is 3. The zero-order valence-corrected chi connectivity index (χ0v) is 9.04. The van der Waals surface area contributed by atoms with Gasteiger partial charge < -0.3 is 4.74 Å². The van der Waals surface area contributed by atoms with Crippen LogP contribution in [0.5, 0.6) is 5.75 Å². The van der Waals surface area contributed by atoms with E-state index in [1.165, 1.54) is 13.3 Å². The molecule has 0 amide bonds. The highest BCUT2D eigenvalue weighted by atomic mass is 16.5. The van der Waals surface area contributed by atoms with Crippen molar-refractivity contribution in [3.8, 4) is 5.75 Å². The van der Waals surface area contributed by atoms with Gasteiger partial charge in [-0.2, -0.15) is 5.10 Å². The molecule has 0 atom stereocenters. The second-order valence-electron chi connectivity index (χ2n) is 3.28. The van der Waals surface area contributed by atoms with E-state index < -0.39 is 0 Å². The number of aryl methyl sites for hydroxylation is 1. The molecule has 82 valence electrons. The van der Waals surface area contributed by atoms with Crippen molar-refractivity contribution in [2.75, 3.05) is 7.11 Å². The van der Waals surface area contributed by atoms with Crippen molar-refractivity contribution in [1.82, 2.24) is 14.8 Å². The lowest BCUT2D eigenvalue weighted by Crippen LogP contribution is -2.05. The smallest absolute Gasteiger partial charge is 0.217 e. The van der Waals surface area contributed by atoms with Crippen LogP contribution in [0.4, 0.5) is 0 Å².